The summed E-state index contributed by atoms with van der Waals surface area (Å²) in [6, 6.07) is 18.1. The first-order chi connectivity index (χ1) is 26.5. The Morgan fingerprint density at radius 2 is 1.76 bits per heavy atom. The van der Waals surface area contributed by atoms with E-state index in [0.717, 1.165) is 62.9 Å². The molecule has 2 fully saturated rings. The van der Waals surface area contributed by atoms with E-state index in [2.05, 4.69) is 10.6 Å². The number of hydrogen-bond donors (Lipinski definition) is 5. The Balaban J connectivity index is 1.12. The molecule has 1 unspecified atom stereocenters. The van der Waals surface area contributed by atoms with Gasteiger partial charge in [0.15, 0.2) is 6.29 Å². The van der Waals surface area contributed by atoms with Crippen LogP contribution in [-0.2, 0) is 9.47 Å². The van der Waals surface area contributed by atoms with Gasteiger partial charge in [-0.15, -0.1) is 0 Å². The standard InChI is InChI=1S/C42H56N8O5/c1-42(2,3)36(43)27-38(46-29-12-11-13-30(26-29)52-24-25-54-39-16-7-10-23-53-39)48-41(51)47-34-18-19-35(33-15-6-5-14-32(33)34)55-31-17-20-37(44)50(28-31)40(45)49-21-8-4-9-22-49/h5-6,11-15,17,20,26-28,34-35,39,44-45H,4,7-10,16,18-19,21-25,43H2,1-3H3,(H2,46,47,48,51)/b36-27-,44-37?,45-40?/t34-,35+,39?/m0/s1. The summed E-state index contributed by atoms with van der Waals surface area (Å²) in [5.74, 6) is 1.81. The van der Waals surface area contributed by atoms with Gasteiger partial charge in [0.05, 0.1) is 24.5 Å². The van der Waals surface area contributed by atoms with Crippen molar-refractivity contribution in [2.75, 3.05) is 32.9 Å². The quantitative estimate of drug-likeness (QED) is 0.0840. The van der Waals surface area contributed by atoms with Crippen molar-refractivity contribution in [3.63, 3.8) is 0 Å². The topological polar surface area (TPSA) is 172 Å². The number of fused-ring (bicyclic) bond motifs is 1. The van der Waals surface area contributed by atoms with E-state index in [9.17, 15) is 4.79 Å². The second-order valence-corrected chi connectivity index (χ2v) is 15.3. The lowest BCUT2D eigenvalue weighted by atomic mass is 9.85. The van der Waals surface area contributed by atoms with Gasteiger partial charge >= 0.3 is 6.03 Å². The van der Waals surface area contributed by atoms with Gasteiger partial charge in [0.1, 0.15) is 35.5 Å². The summed E-state index contributed by atoms with van der Waals surface area (Å²) in [6.07, 6.45) is 10.6. The van der Waals surface area contributed by atoms with Crippen molar-refractivity contribution in [1.82, 2.24) is 20.1 Å². The van der Waals surface area contributed by atoms with E-state index in [1.165, 1.54) is 6.42 Å². The zero-order valence-corrected chi connectivity index (χ0v) is 32.3. The average molecular weight is 753 g/mol. The van der Waals surface area contributed by atoms with Crippen LogP contribution in [0, 0.1) is 16.2 Å². The molecule has 2 saturated heterocycles. The van der Waals surface area contributed by atoms with Crippen LogP contribution in [0.25, 0.3) is 0 Å². The smallest absolute Gasteiger partial charge is 0.320 e. The van der Waals surface area contributed by atoms with Gasteiger partial charge in [-0.3, -0.25) is 20.7 Å². The normalized spacial score (nSPS) is 20.6. The molecule has 0 saturated carbocycles. The fourth-order valence-electron chi connectivity index (χ4n) is 6.91. The molecular formula is C42H56N8O5. The summed E-state index contributed by atoms with van der Waals surface area (Å²) in [5, 5.41) is 23.3. The lowest BCUT2D eigenvalue weighted by Crippen LogP contribution is -2.43. The second kappa shape index (κ2) is 18.5. The third kappa shape index (κ3) is 11.0. The number of carbonyl (C=O) groups excluding carboxylic acids is 1. The molecule has 13 heteroatoms. The van der Waals surface area contributed by atoms with E-state index >= 15 is 0 Å². The van der Waals surface area contributed by atoms with Gasteiger partial charge in [0, 0.05) is 43.0 Å². The number of amides is 2. The maximum absolute atomic E-state index is 13.7. The van der Waals surface area contributed by atoms with Crippen LogP contribution in [0.15, 0.2) is 83.6 Å². The molecule has 6 rings (SSSR count). The highest BCUT2D eigenvalue weighted by Crippen LogP contribution is 2.38. The fraction of sp³-hybridized carbons (Fsp3) is 0.476. The second-order valence-electron chi connectivity index (χ2n) is 15.3. The summed E-state index contributed by atoms with van der Waals surface area (Å²) >= 11 is 0. The molecule has 55 heavy (non-hydrogen) atoms. The molecule has 0 bridgehead atoms. The van der Waals surface area contributed by atoms with Gasteiger partial charge in [0.2, 0.25) is 5.96 Å². The number of likely N-dealkylation sites (tertiary alicyclic amines) is 1. The van der Waals surface area contributed by atoms with Crippen molar-refractivity contribution in [3.8, 4) is 11.5 Å². The molecule has 6 N–H and O–H groups in total. The van der Waals surface area contributed by atoms with Gasteiger partial charge in [-0.05, 0) is 86.8 Å². The lowest BCUT2D eigenvalue weighted by molar-refractivity contribution is -0.165. The minimum atomic E-state index is -0.409. The molecule has 1 aliphatic carbocycles. The Hall–Kier alpha value is -5.14. The predicted octanol–water partition coefficient (Wildman–Crippen LogP) is 7.03. The maximum Gasteiger partial charge on any atom is 0.320 e. The number of benzene rings is 2. The van der Waals surface area contributed by atoms with Gasteiger partial charge < -0.3 is 34.9 Å². The number of pyridine rings is 1. The van der Waals surface area contributed by atoms with Crippen LogP contribution in [0.2, 0.25) is 0 Å². The van der Waals surface area contributed by atoms with Crippen molar-refractivity contribution in [2.24, 2.45) is 16.1 Å². The number of carbonyl (C=O) groups is 1. The zero-order valence-electron chi connectivity index (χ0n) is 32.3. The van der Waals surface area contributed by atoms with Crippen molar-refractivity contribution >= 4 is 23.5 Å². The first-order valence-electron chi connectivity index (χ1n) is 19.5. The number of allylic oxidation sites excluding steroid dienone is 1. The summed E-state index contributed by atoms with van der Waals surface area (Å²) in [7, 11) is 0. The third-order valence-electron chi connectivity index (χ3n) is 10.1. The summed E-state index contributed by atoms with van der Waals surface area (Å²) in [5.41, 5.74) is 9.46. The number of hydrogen-bond acceptors (Lipinski definition) is 9. The minimum absolute atomic E-state index is 0.170. The monoisotopic (exact) mass is 752 g/mol. The van der Waals surface area contributed by atoms with Crippen LogP contribution >= 0.6 is 0 Å². The number of aromatic nitrogens is 1. The average Bonchev–Trinajstić information content (AvgIpc) is 3.18. The summed E-state index contributed by atoms with van der Waals surface area (Å²) in [4.78, 5) is 20.5. The largest absolute Gasteiger partial charge is 0.491 e. The molecule has 3 atom stereocenters. The van der Waals surface area contributed by atoms with Crippen molar-refractivity contribution in [3.05, 3.63) is 95.2 Å². The Morgan fingerprint density at radius 3 is 2.53 bits per heavy atom. The molecule has 3 heterocycles. The highest BCUT2D eigenvalue weighted by Gasteiger charge is 2.30. The molecule has 1 aromatic heterocycles. The van der Waals surface area contributed by atoms with Gasteiger partial charge in [-0.1, -0.05) is 51.1 Å². The van der Waals surface area contributed by atoms with E-state index in [-0.39, 0.29) is 29.3 Å². The number of nitrogens with zero attached hydrogens (tertiary/aromatic N) is 3. The SMILES string of the molecule is CC(C)(C)/C(N)=C/C(=Nc1cccc(OCCOC2CCCCO2)c1)NC(=O)N[C@H]1CC[C@@H](Oc2ccc(=N)n(C(=N)N3CCCCC3)c2)c2ccccc21. The van der Waals surface area contributed by atoms with E-state index in [1.807, 2.05) is 74.2 Å². The summed E-state index contributed by atoms with van der Waals surface area (Å²) < 4.78 is 25.5. The molecule has 294 valence electrons. The number of rotatable bonds is 10. The minimum Gasteiger partial charge on any atom is -0.491 e. The molecule has 3 aromatic rings. The zero-order chi connectivity index (χ0) is 38.8. The molecular weight excluding hydrogens is 697 g/mol. The Labute approximate surface area is 323 Å². The molecule has 2 aromatic carbocycles. The molecule has 3 aliphatic rings. The number of aliphatic imine (C=N–C) groups is 1. The van der Waals surface area contributed by atoms with Crippen LogP contribution < -0.4 is 31.3 Å². The van der Waals surface area contributed by atoms with Crippen LogP contribution in [0.3, 0.4) is 0 Å². The van der Waals surface area contributed by atoms with E-state index in [4.69, 9.17) is 40.5 Å². The maximum atomic E-state index is 13.7. The molecule has 2 amide bonds. The highest BCUT2D eigenvalue weighted by molar-refractivity contribution is 6.05. The number of piperidine rings is 1. The highest BCUT2D eigenvalue weighted by atomic mass is 16.7. The van der Waals surface area contributed by atoms with Crippen molar-refractivity contribution in [2.45, 2.75) is 90.6 Å². The van der Waals surface area contributed by atoms with Crippen molar-refractivity contribution in [1.29, 1.82) is 10.8 Å². The number of nitrogens with two attached hydrogens (primary N) is 1. The fourth-order valence-corrected chi connectivity index (χ4v) is 6.91. The molecule has 0 spiro atoms. The molecule has 2 aliphatic heterocycles. The predicted molar refractivity (Wildman–Crippen MR) is 213 cm³/mol. The number of nitrogens with one attached hydrogen (secondary N) is 4. The Morgan fingerprint density at radius 1 is 0.964 bits per heavy atom. The first-order valence-corrected chi connectivity index (χ1v) is 19.5. The van der Waals surface area contributed by atoms with E-state index in [1.54, 1.807) is 29.0 Å². The van der Waals surface area contributed by atoms with Crippen LogP contribution in [-0.4, -0.2) is 66.5 Å². The van der Waals surface area contributed by atoms with Crippen LogP contribution in [0.5, 0.6) is 11.5 Å². The number of amidine groups is 1. The van der Waals surface area contributed by atoms with E-state index < -0.39 is 6.03 Å². The third-order valence-corrected chi connectivity index (χ3v) is 10.1. The molecule has 0 radical (unpaired) electrons. The molecule has 13 nitrogen and oxygen atoms in total. The number of ether oxygens (including phenoxy) is 4. The van der Waals surface area contributed by atoms with Crippen LogP contribution in [0.4, 0.5) is 10.5 Å². The van der Waals surface area contributed by atoms with Gasteiger partial charge in [-0.2, -0.15) is 0 Å². The summed E-state index contributed by atoms with van der Waals surface area (Å²) in [6.45, 7) is 9.15. The Kier molecular flexibility index (Phi) is 13.3. The van der Waals surface area contributed by atoms with Crippen LogP contribution in [0.1, 0.15) is 95.4 Å². The van der Waals surface area contributed by atoms with Gasteiger partial charge in [0.25, 0.3) is 0 Å². The Bertz CT molecular complexity index is 1910. The van der Waals surface area contributed by atoms with E-state index in [0.29, 0.717) is 60.7 Å². The number of urea groups is 1. The van der Waals surface area contributed by atoms with Gasteiger partial charge in [-0.25, -0.2) is 9.79 Å². The lowest BCUT2D eigenvalue weighted by Gasteiger charge is -2.33. The first kappa shape index (κ1) is 39.6. The van der Waals surface area contributed by atoms with Crippen molar-refractivity contribution < 1.29 is 23.7 Å².